The number of halogens is 2. The Labute approximate surface area is 339 Å². The number of fused-ring (bicyclic) bond motifs is 1. The number of benzene rings is 2. The van der Waals surface area contributed by atoms with Crippen molar-refractivity contribution in [1.82, 2.24) is 25.3 Å². The van der Waals surface area contributed by atoms with Gasteiger partial charge in [-0.3, -0.25) is 39.1 Å². The van der Waals surface area contributed by atoms with Crippen LogP contribution < -0.4 is 25.2 Å². The standard InChI is InChI=1S/C41H43ClFN9O6/c42-32-22-29(3-1-26(32)23-44)58-28-9-13-41(43,14-10-28)40(57)45-34-6-7-35(48-47-34)51-15-11-25(12-16-51)24-49-17-19-50(20-18-49)27-2-4-30-31(21-27)39(56)52(38(30)55)33-5-8-36(53)46-37(33)54/h1-4,6-7,21-22,25,28,33H,5,8-20,24H2,(H,45,47,57)(H,46,53,54). The molecule has 1 aliphatic carbocycles. The second kappa shape index (κ2) is 16.3. The number of carbonyl (C=O) groups excluding carboxylic acids is 5. The van der Waals surface area contributed by atoms with Gasteiger partial charge in [-0.2, -0.15) is 5.26 Å². The fourth-order valence-corrected chi connectivity index (χ4v) is 8.80. The molecule has 2 aromatic carbocycles. The molecule has 17 heteroatoms. The summed E-state index contributed by atoms with van der Waals surface area (Å²) >= 11 is 6.10. The Morgan fingerprint density at radius 3 is 2.31 bits per heavy atom. The second-order valence-corrected chi connectivity index (χ2v) is 16.1. The molecule has 302 valence electrons. The first kappa shape index (κ1) is 39.2. The summed E-state index contributed by atoms with van der Waals surface area (Å²) < 4.78 is 21.7. The van der Waals surface area contributed by atoms with Gasteiger partial charge in [-0.25, -0.2) is 4.39 Å². The van der Waals surface area contributed by atoms with Crippen LogP contribution in [0.15, 0.2) is 48.5 Å². The average Bonchev–Trinajstić information content (AvgIpc) is 3.47. The number of anilines is 3. The van der Waals surface area contributed by atoms with Gasteiger partial charge in [-0.15, -0.1) is 10.2 Å². The fourth-order valence-electron chi connectivity index (χ4n) is 8.59. The number of rotatable bonds is 9. The Balaban J connectivity index is 0.762. The zero-order valence-corrected chi connectivity index (χ0v) is 32.5. The van der Waals surface area contributed by atoms with Gasteiger partial charge < -0.3 is 19.9 Å². The molecule has 5 amide bonds. The largest absolute Gasteiger partial charge is 0.490 e. The average molecular weight is 812 g/mol. The first-order valence-electron chi connectivity index (χ1n) is 19.8. The Hall–Kier alpha value is -5.66. The van der Waals surface area contributed by atoms with Crippen LogP contribution in [-0.2, 0) is 14.4 Å². The minimum absolute atomic E-state index is 0.00172. The van der Waals surface area contributed by atoms with Gasteiger partial charge in [0, 0.05) is 64.0 Å². The summed E-state index contributed by atoms with van der Waals surface area (Å²) in [4.78, 5) is 71.2. The molecule has 4 aliphatic heterocycles. The molecule has 58 heavy (non-hydrogen) atoms. The van der Waals surface area contributed by atoms with Gasteiger partial charge >= 0.3 is 0 Å². The number of piperazine rings is 1. The van der Waals surface area contributed by atoms with Crippen LogP contribution in [0, 0.1) is 17.2 Å². The molecule has 15 nitrogen and oxygen atoms in total. The van der Waals surface area contributed by atoms with Crippen LogP contribution in [0.25, 0.3) is 0 Å². The first-order valence-corrected chi connectivity index (χ1v) is 20.1. The minimum Gasteiger partial charge on any atom is -0.490 e. The molecule has 8 rings (SSSR count). The smallest absolute Gasteiger partial charge is 0.263 e. The molecule has 5 aliphatic rings. The third kappa shape index (κ3) is 8.06. The maximum atomic E-state index is 15.7. The number of nitriles is 1. The third-order valence-corrected chi connectivity index (χ3v) is 12.3. The molecule has 5 heterocycles. The maximum Gasteiger partial charge on any atom is 0.263 e. The summed E-state index contributed by atoms with van der Waals surface area (Å²) in [6.07, 6.45) is 2.58. The normalized spacial score (nSPS) is 24.3. The Kier molecular flexibility index (Phi) is 11.0. The summed E-state index contributed by atoms with van der Waals surface area (Å²) in [7, 11) is 0. The topological polar surface area (TPSA) is 181 Å². The number of aromatic nitrogens is 2. The predicted molar refractivity (Wildman–Crippen MR) is 210 cm³/mol. The molecule has 4 fully saturated rings. The third-order valence-electron chi connectivity index (χ3n) is 12.0. The van der Waals surface area contributed by atoms with E-state index < -0.39 is 41.2 Å². The van der Waals surface area contributed by atoms with Crippen LogP contribution in [0.4, 0.5) is 21.7 Å². The molecule has 3 aromatic rings. The lowest BCUT2D eigenvalue weighted by molar-refractivity contribution is -0.136. The number of hydrogen-bond acceptors (Lipinski definition) is 12. The van der Waals surface area contributed by atoms with E-state index in [0.717, 1.165) is 69.2 Å². The van der Waals surface area contributed by atoms with Crippen molar-refractivity contribution in [3.8, 4) is 11.8 Å². The van der Waals surface area contributed by atoms with Gasteiger partial charge in [-0.05, 0) is 93.3 Å². The van der Waals surface area contributed by atoms with E-state index in [2.05, 4.69) is 35.5 Å². The molecule has 3 saturated heterocycles. The summed E-state index contributed by atoms with van der Waals surface area (Å²) in [6, 6.07) is 14.5. The summed E-state index contributed by atoms with van der Waals surface area (Å²) in [5, 5.41) is 22.7. The fraction of sp³-hybridized carbons (Fsp3) is 0.463. The van der Waals surface area contributed by atoms with Crippen molar-refractivity contribution < 1.29 is 33.1 Å². The zero-order chi connectivity index (χ0) is 40.6. The molecule has 1 aromatic heterocycles. The Bertz CT molecular complexity index is 2160. The number of imide groups is 2. The summed E-state index contributed by atoms with van der Waals surface area (Å²) in [6.45, 7) is 5.84. The van der Waals surface area contributed by atoms with Crippen molar-refractivity contribution in [2.24, 2.45) is 5.92 Å². The van der Waals surface area contributed by atoms with E-state index in [0.29, 0.717) is 35.9 Å². The highest BCUT2D eigenvalue weighted by atomic mass is 35.5. The summed E-state index contributed by atoms with van der Waals surface area (Å²) in [5.74, 6) is -0.871. The number of amides is 5. The van der Waals surface area contributed by atoms with Crippen molar-refractivity contribution in [2.75, 3.05) is 60.9 Å². The SMILES string of the molecule is N#Cc1ccc(OC2CCC(F)(C(=O)Nc3ccc(N4CCC(CN5CCN(c6ccc7c(c6)C(=O)N(C6CCC(=O)NC6=O)C7=O)CC5)CC4)nn3)CC2)cc1Cl. The van der Waals surface area contributed by atoms with E-state index in [4.69, 9.17) is 21.6 Å². The molecular formula is C41H43ClFN9O6. The number of nitrogens with one attached hydrogen (secondary N) is 2. The van der Waals surface area contributed by atoms with Gasteiger partial charge in [0.2, 0.25) is 11.8 Å². The molecule has 1 saturated carbocycles. The number of carbonyl (C=O) groups is 5. The van der Waals surface area contributed by atoms with Crippen LogP contribution in [-0.4, -0.2) is 113 Å². The molecule has 1 atom stereocenters. The van der Waals surface area contributed by atoms with Gasteiger partial charge in [0.25, 0.3) is 17.7 Å². The Morgan fingerprint density at radius 1 is 0.897 bits per heavy atom. The second-order valence-electron chi connectivity index (χ2n) is 15.7. The summed E-state index contributed by atoms with van der Waals surface area (Å²) in [5.41, 5.74) is -0.289. The van der Waals surface area contributed by atoms with Crippen molar-refractivity contribution >= 4 is 58.5 Å². The van der Waals surface area contributed by atoms with Crippen molar-refractivity contribution in [1.29, 1.82) is 5.26 Å². The van der Waals surface area contributed by atoms with E-state index in [-0.39, 0.29) is 53.8 Å². The number of piperidine rings is 2. The van der Waals surface area contributed by atoms with Crippen LogP contribution in [0.1, 0.15) is 77.6 Å². The number of alkyl halides is 1. The van der Waals surface area contributed by atoms with Gasteiger partial charge in [0.15, 0.2) is 17.3 Å². The van der Waals surface area contributed by atoms with Crippen molar-refractivity contribution in [2.45, 2.75) is 69.2 Å². The number of hydrogen-bond donors (Lipinski definition) is 2. The molecule has 2 N–H and O–H groups in total. The van der Waals surface area contributed by atoms with Crippen LogP contribution in [0.3, 0.4) is 0 Å². The number of nitrogens with zero attached hydrogens (tertiary/aromatic N) is 7. The predicted octanol–water partition coefficient (Wildman–Crippen LogP) is 4.11. The van der Waals surface area contributed by atoms with E-state index in [1.807, 2.05) is 12.1 Å². The van der Waals surface area contributed by atoms with Gasteiger partial charge in [0.05, 0.1) is 27.8 Å². The molecule has 0 radical (unpaired) electrons. The quantitative estimate of drug-likeness (QED) is 0.296. The molecular weight excluding hydrogens is 769 g/mol. The van der Waals surface area contributed by atoms with E-state index in [9.17, 15) is 24.0 Å². The molecule has 0 bridgehead atoms. The number of ether oxygens (including phenoxy) is 1. The lowest BCUT2D eigenvalue weighted by atomic mass is 9.84. The van der Waals surface area contributed by atoms with Crippen molar-refractivity contribution in [3.05, 3.63) is 70.2 Å². The van der Waals surface area contributed by atoms with Gasteiger partial charge in [0.1, 0.15) is 17.9 Å². The Morgan fingerprint density at radius 2 is 1.64 bits per heavy atom. The van der Waals surface area contributed by atoms with E-state index >= 15 is 4.39 Å². The zero-order valence-electron chi connectivity index (χ0n) is 31.8. The minimum atomic E-state index is -2.05. The highest BCUT2D eigenvalue weighted by Crippen LogP contribution is 2.36. The monoisotopic (exact) mass is 811 g/mol. The van der Waals surface area contributed by atoms with E-state index in [1.54, 1.807) is 42.5 Å². The lowest BCUT2D eigenvalue weighted by Crippen LogP contribution is -2.54. The highest BCUT2D eigenvalue weighted by molar-refractivity contribution is 6.31. The van der Waals surface area contributed by atoms with Gasteiger partial charge in [-0.1, -0.05) is 11.6 Å². The first-order chi connectivity index (χ1) is 28.0. The van der Waals surface area contributed by atoms with E-state index in [1.165, 1.54) is 0 Å². The lowest BCUT2D eigenvalue weighted by Gasteiger charge is -2.39. The molecule has 0 spiro atoms. The van der Waals surface area contributed by atoms with Crippen LogP contribution in [0.2, 0.25) is 5.02 Å². The highest BCUT2D eigenvalue weighted by Gasteiger charge is 2.45. The molecule has 1 unspecified atom stereocenters. The van der Waals surface area contributed by atoms with Crippen LogP contribution >= 0.6 is 11.6 Å². The van der Waals surface area contributed by atoms with Crippen molar-refractivity contribution in [3.63, 3.8) is 0 Å². The van der Waals surface area contributed by atoms with Crippen LogP contribution in [0.5, 0.6) is 5.75 Å². The maximum absolute atomic E-state index is 15.7.